The highest BCUT2D eigenvalue weighted by Gasteiger charge is 2.24. The van der Waals surface area contributed by atoms with Crippen molar-refractivity contribution in [1.82, 2.24) is 19.8 Å². The van der Waals surface area contributed by atoms with E-state index in [1.54, 1.807) is 6.20 Å². The maximum atomic E-state index is 12.7. The number of aromatic nitrogens is 2. The first kappa shape index (κ1) is 18.0. The molecule has 1 aliphatic rings. The maximum absolute atomic E-state index is 12.7. The third-order valence-corrected chi connectivity index (χ3v) is 5.23. The molecular weight excluding hydrogens is 288 g/mol. The zero-order valence-corrected chi connectivity index (χ0v) is 15.1. The van der Waals surface area contributed by atoms with Crippen molar-refractivity contribution in [3.63, 3.8) is 0 Å². The van der Waals surface area contributed by atoms with E-state index in [2.05, 4.69) is 42.7 Å². The molecule has 0 bridgehead atoms. The molecule has 1 aromatic heterocycles. The molecule has 1 aliphatic heterocycles. The monoisotopic (exact) mass is 320 g/mol. The Kier molecular flexibility index (Phi) is 6.63. The van der Waals surface area contributed by atoms with Gasteiger partial charge in [-0.2, -0.15) is 0 Å². The van der Waals surface area contributed by atoms with Crippen molar-refractivity contribution in [2.45, 2.75) is 52.4 Å². The van der Waals surface area contributed by atoms with Gasteiger partial charge in [0.15, 0.2) is 0 Å². The van der Waals surface area contributed by atoms with E-state index in [9.17, 15) is 4.79 Å². The lowest BCUT2D eigenvalue weighted by Gasteiger charge is -2.27. The van der Waals surface area contributed by atoms with Crippen LogP contribution in [0.25, 0.3) is 0 Å². The van der Waals surface area contributed by atoms with Crippen LogP contribution in [-0.2, 0) is 0 Å². The van der Waals surface area contributed by atoms with Crippen LogP contribution in [-0.4, -0.2) is 58.9 Å². The van der Waals surface area contributed by atoms with Crippen LogP contribution in [0.5, 0.6) is 0 Å². The molecule has 0 saturated carbocycles. The molecule has 0 radical (unpaired) electrons. The van der Waals surface area contributed by atoms with E-state index in [4.69, 9.17) is 0 Å². The number of aromatic amines is 1. The Bertz CT molecular complexity index is 487. The SMILES string of the molecule is CCC(CC)CN(CC)C(=O)c1cnc(C2CCN(C)CC2)[nH]1. The minimum atomic E-state index is 0.0890. The first-order valence-electron chi connectivity index (χ1n) is 9.11. The van der Waals surface area contributed by atoms with Crippen molar-refractivity contribution in [3.05, 3.63) is 17.7 Å². The second-order valence-electron chi connectivity index (χ2n) is 6.79. The average molecular weight is 320 g/mol. The van der Waals surface area contributed by atoms with Crippen LogP contribution >= 0.6 is 0 Å². The van der Waals surface area contributed by atoms with Crippen LogP contribution < -0.4 is 0 Å². The number of nitrogens with zero attached hydrogens (tertiary/aromatic N) is 3. The fourth-order valence-corrected chi connectivity index (χ4v) is 3.32. The van der Waals surface area contributed by atoms with Crippen LogP contribution in [0.4, 0.5) is 0 Å². The second kappa shape index (κ2) is 8.48. The van der Waals surface area contributed by atoms with Gasteiger partial charge < -0.3 is 14.8 Å². The van der Waals surface area contributed by atoms with Crippen LogP contribution in [0.15, 0.2) is 6.20 Å². The van der Waals surface area contributed by atoms with Gasteiger partial charge in [-0.1, -0.05) is 26.7 Å². The first-order valence-corrected chi connectivity index (χ1v) is 9.11. The molecular formula is C18H32N4O. The van der Waals surface area contributed by atoms with E-state index < -0.39 is 0 Å². The summed E-state index contributed by atoms with van der Waals surface area (Å²) in [4.78, 5) is 24.8. The molecule has 1 amide bonds. The summed E-state index contributed by atoms with van der Waals surface area (Å²) in [5.74, 6) is 2.11. The number of carbonyl (C=O) groups is 1. The van der Waals surface area contributed by atoms with Gasteiger partial charge in [-0.05, 0) is 45.8 Å². The van der Waals surface area contributed by atoms with Gasteiger partial charge in [0.1, 0.15) is 11.5 Å². The summed E-state index contributed by atoms with van der Waals surface area (Å²) in [7, 11) is 2.16. The van der Waals surface area contributed by atoms with Gasteiger partial charge in [0.05, 0.1) is 6.20 Å². The lowest BCUT2D eigenvalue weighted by molar-refractivity contribution is 0.0729. The van der Waals surface area contributed by atoms with Crippen molar-refractivity contribution in [1.29, 1.82) is 0 Å². The summed E-state index contributed by atoms with van der Waals surface area (Å²) in [5, 5.41) is 0. The molecule has 0 atom stereocenters. The Morgan fingerprint density at radius 1 is 1.35 bits per heavy atom. The van der Waals surface area contributed by atoms with Crippen LogP contribution in [0, 0.1) is 5.92 Å². The Labute approximate surface area is 140 Å². The van der Waals surface area contributed by atoms with Crippen LogP contribution in [0.1, 0.15) is 68.7 Å². The molecule has 0 spiro atoms. The molecule has 23 heavy (non-hydrogen) atoms. The third-order valence-electron chi connectivity index (χ3n) is 5.23. The predicted molar refractivity (Wildman–Crippen MR) is 93.7 cm³/mol. The molecule has 5 heteroatoms. The second-order valence-corrected chi connectivity index (χ2v) is 6.79. The van der Waals surface area contributed by atoms with E-state index >= 15 is 0 Å². The normalized spacial score (nSPS) is 16.9. The topological polar surface area (TPSA) is 52.2 Å². The number of nitrogens with one attached hydrogen (secondary N) is 1. The fourth-order valence-electron chi connectivity index (χ4n) is 3.32. The van der Waals surface area contributed by atoms with Crippen molar-refractivity contribution < 1.29 is 4.79 Å². The molecule has 0 aromatic carbocycles. The van der Waals surface area contributed by atoms with E-state index in [1.165, 1.54) is 0 Å². The van der Waals surface area contributed by atoms with Crippen LogP contribution in [0.2, 0.25) is 0 Å². The summed E-state index contributed by atoms with van der Waals surface area (Å²) >= 11 is 0. The van der Waals surface area contributed by atoms with Crippen molar-refractivity contribution >= 4 is 5.91 Å². The number of carbonyl (C=O) groups excluding carboxylic acids is 1. The molecule has 1 saturated heterocycles. The summed E-state index contributed by atoms with van der Waals surface area (Å²) in [6.45, 7) is 10.2. The Morgan fingerprint density at radius 2 is 2.00 bits per heavy atom. The van der Waals surface area contributed by atoms with Gasteiger partial charge in [0, 0.05) is 19.0 Å². The van der Waals surface area contributed by atoms with Gasteiger partial charge in [-0.25, -0.2) is 4.98 Å². The van der Waals surface area contributed by atoms with E-state index in [-0.39, 0.29) is 5.91 Å². The van der Waals surface area contributed by atoms with E-state index in [0.29, 0.717) is 17.5 Å². The van der Waals surface area contributed by atoms with Crippen molar-refractivity contribution in [3.8, 4) is 0 Å². The van der Waals surface area contributed by atoms with Gasteiger partial charge in [-0.3, -0.25) is 4.79 Å². The Morgan fingerprint density at radius 3 is 2.57 bits per heavy atom. The maximum Gasteiger partial charge on any atom is 0.271 e. The first-order chi connectivity index (χ1) is 11.1. The minimum absolute atomic E-state index is 0.0890. The lowest BCUT2D eigenvalue weighted by atomic mass is 9.97. The van der Waals surface area contributed by atoms with Gasteiger partial charge in [-0.15, -0.1) is 0 Å². The van der Waals surface area contributed by atoms with Gasteiger partial charge in [0.2, 0.25) is 0 Å². The fraction of sp³-hybridized carbons (Fsp3) is 0.778. The number of H-pyrrole nitrogens is 1. The average Bonchev–Trinajstić information content (AvgIpc) is 3.06. The number of amides is 1. The number of likely N-dealkylation sites (tertiary alicyclic amines) is 1. The summed E-state index contributed by atoms with van der Waals surface area (Å²) < 4.78 is 0. The predicted octanol–water partition coefficient (Wildman–Crippen LogP) is 3.12. The molecule has 1 aromatic rings. The highest BCUT2D eigenvalue weighted by atomic mass is 16.2. The van der Waals surface area contributed by atoms with Crippen molar-refractivity contribution in [2.75, 3.05) is 33.2 Å². The molecule has 2 heterocycles. The molecule has 130 valence electrons. The van der Waals surface area contributed by atoms with Gasteiger partial charge in [0.25, 0.3) is 5.91 Å². The Balaban J connectivity index is 2.01. The zero-order chi connectivity index (χ0) is 16.8. The van der Waals surface area contributed by atoms with Crippen LogP contribution in [0.3, 0.4) is 0 Å². The molecule has 0 aliphatic carbocycles. The minimum Gasteiger partial charge on any atom is -0.338 e. The summed E-state index contributed by atoms with van der Waals surface area (Å²) in [5.41, 5.74) is 0.645. The molecule has 0 unspecified atom stereocenters. The highest BCUT2D eigenvalue weighted by molar-refractivity contribution is 5.92. The smallest absolute Gasteiger partial charge is 0.271 e. The standard InChI is InChI=1S/C18H32N4O/c1-5-14(6-2)13-22(7-3)18(23)16-12-19-17(20-16)15-8-10-21(4)11-9-15/h12,14-15H,5-11,13H2,1-4H3,(H,19,20). The molecule has 5 nitrogen and oxygen atoms in total. The van der Waals surface area contributed by atoms with E-state index in [1.807, 2.05) is 4.90 Å². The molecule has 2 rings (SSSR count). The quantitative estimate of drug-likeness (QED) is 0.840. The largest absolute Gasteiger partial charge is 0.338 e. The zero-order valence-electron chi connectivity index (χ0n) is 15.1. The van der Waals surface area contributed by atoms with E-state index in [0.717, 1.165) is 57.7 Å². The highest BCUT2D eigenvalue weighted by Crippen LogP contribution is 2.25. The summed E-state index contributed by atoms with van der Waals surface area (Å²) in [6, 6.07) is 0. The lowest BCUT2D eigenvalue weighted by Crippen LogP contribution is -2.35. The number of hydrogen-bond acceptors (Lipinski definition) is 3. The summed E-state index contributed by atoms with van der Waals surface area (Å²) in [6.07, 6.45) is 6.19. The molecule has 1 fully saturated rings. The van der Waals surface area contributed by atoms with Gasteiger partial charge >= 0.3 is 0 Å². The molecule has 1 N–H and O–H groups in total. The number of rotatable bonds is 7. The Hall–Kier alpha value is -1.36. The third kappa shape index (κ3) is 4.56. The number of imidazole rings is 1. The number of piperidine rings is 1. The number of hydrogen-bond donors (Lipinski definition) is 1. The van der Waals surface area contributed by atoms with Crippen molar-refractivity contribution in [2.24, 2.45) is 5.92 Å².